The molecule has 0 unspecified atom stereocenters. The predicted molar refractivity (Wildman–Crippen MR) is 102 cm³/mol. The number of halogens is 1. The molecule has 26 heavy (non-hydrogen) atoms. The van der Waals surface area contributed by atoms with Gasteiger partial charge < -0.3 is 10.4 Å². The summed E-state index contributed by atoms with van der Waals surface area (Å²) < 4.78 is 1.37. The Bertz CT molecular complexity index is 952. The van der Waals surface area contributed by atoms with Gasteiger partial charge in [0.05, 0.1) is 22.3 Å². The molecule has 0 saturated carbocycles. The van der Waals surface area contributed by atoms with Crippen molar-refractivity contribution in [2.75, 3.05) is 6.54 Å². The molecule has 136 valence electrons. The number of rotatable bonds is 6. The van der Waals surface area contributed by atoms with Crippen LogP contribution in [0.15, 0.2) is 30.5 Å². The quantitative estimate of drug-likeness (QED) is 0.643. The van der Waals surface area contributed by atoms with E-state index in [1.54, 1.807) is 25.4 Å². The molecule has 0 saturated heterocycles. The maximum Gasteiger partial charge on any atom is 0.269 e. The molecule has 2 N–H and O–H groups in total. The number of aryl methyl sites for hydroxylation is 1. The summed E-state index contributed by atoms with van der Waals surface area (Å²) in [6.07, 6.45) is 4.64. The van der Waals surface area contributed by atoms with E-state index < -0.39 is 0 Å². The van der Waals surface area contributed by atoms with Gasteiger partial charge in [0.25, 0.3) is 5.91 Å². The van der Waals surface area contributed by atoms with E-state index in [0.29, 0.717) is 28.2 Å². The summed E-state index contributed by atoms with van der Waals surface area (Å²) in [6.45, 7) is 2.71. The fourth-order valence-corrected chi connectivity index (χ4v) is 3.06. The van der Waals surface area contributed by atoms with Crippen LogP contribution in [-0.2, 0) is 7.05 Å². The predicted octanol–water partition coefficient (Wildman–Crippen LogP) is 3.91. The van der Waals surface area contributed by atoms with Gasteiger partial charge in [0, 0.05) is 24.5 Å². The van der Waals surface area contributed by atoms with Crippen molar-refractivity contribution in [2.45, 2.75) is 26.2 Å². The Labute approximate surface area is 156 Å². The van der Waals surface area contributed by atoms with Gasteiger partial charge in [-0.15, -0.1) is 0 Å². The molecule has 3 aromatic rings. The highest BCUT2D eigenvalue weighted by Crippen LogP contribution is 2.36. The summed E-state index contributed by atoms with van der Waals surface area (Å²) in [5.41, 5.74) is 1.98. The van der Waals surface area contributed by atoms with Crippen LogP contribution >= 0.6 is 11.6 Å². The van der Waals surface area contributed by atoms with Crippen LogP contribution in [0.4, 0.5) is 0 Å². The SMILES string of the molecule is CCCCCNC(=O)c1cc(-c2cnn(C)c2O)c2cccc(Cl)c2n1. The van der Waals surface area contributed by atoms with Crippen molar-refractivity contribution < 1.29 is 9.90 Å². The van der Waals surface area contributed by atoms with Crippen molar-refractivity contribution in [1.29, 1.82) is 0 Å². The number of aromatic hydroxyl groups is 1. The van der Waals surface area contributed by atoms with Crippen molar-refractivity contribution >= 4 is 28.4 Å². The van der Waals surface area contributed by atoms with Gasteiger partial charge in [-0.05, 0) is 18.6 Å². The Kier molecular flexibility index (Phi) is 5.42. The minimum atomic E-state index is -0.257. The summed E-state index contributed by atoms with van der Waals surface area (Å²) in [6, 6.07) is 7.07. The highest BCUT2D eigenvalue weighted by Gasteiger charge is 2.18. The standard InChI is InChI=1S/C19H21ClN4O2/c1-3-4-5-9-21-18(25)16-10-13(14-11-22-24(2)19(14)26)12-7-6-8-15(20)17(12)23-16/h6-8,10-11,26H,3-5,9H2,1-2H3,(H,21,25). The summed E-state index contributed by atoms with van der Waals surface area (Å²) >= 11 is 6.31. The molecule has 2 aromatic heterocycles. The van der Waals surface area contributed by atoms with E-state index in [1.807, 2.05) is 12.1 Å². The second kappa shape index (κ2) is 7.74. The van der Waals surface area contributed by atoms with Crippen molar-refractivity contribution in [1.82, 2.24) is 20.1 Å². The minimum Gasteiger partial charge on any atom is -0.493 e. The number of nitrogens with zero attached hydrogens (tertiary/aromatic N) is 3. The van der Waals surface area contributed by atoms with Gasteiger partial charge in [-0.1, -0.05) is 43.5 Å². The topological polar surface area (TPSA) is 80.0 Å². The van der Waals surface area contributed by atoms with Crippen LogP contribution in [0.1, 0.15) is 36.7 Å². The number of carbonyl (C=O) groups is 1. The van der Waals surface area contributed by atoms with Crippen LogP contribution < -0.4 is 5.32 Å². The van der Waals surface area contributed by atoms with Gasteiger partial charge in [-0.25, -0.2) is 9.67 Å². The number of nitrogens with one attached hydrogen (secondary N) is 1. The fourth-order valence-electron chi connectivity index (χ4n) is 2.84. The van der Waals surface area contributed by atoms with Crippen LogP contribution in [0, 0.1) is 0 Å². The average Bonchev–Trinajstić information content (AvgIpc) is 2.97. The Hall–Kier alpha value is -2.60. The van der Waals surface area contributed by atoms with Gasteiger partial charge in [-0.2, -0.15) is 5.10 Å². The molecule has 3 rings (SSSR count). The smallest absolute Gasteiger partial charge is 0.269 e. The highest BCUT2D eigenvalue weighted by atomic mass is 35.5. The molecule has 0 aliphatic rings. The van der Waals surface area contributed by atoms with Gasteiger partial charge in [0.15, 0.2) is 0 Å². The minimum absolute atomic E-state index is 0.0202. The molecule has 1 amide bonds. The third kappa shape index (κ3) is 3.51. The number of aromatic nitrogens is 3. The van der Waals surface area contributed by atoms with Crippen molar-refractivity contribution in [3.8, 4) is 17.0 Å². The number of amides is 1. The monoisotopic (exact) mass is 372 g/mol. The van der Waals surface area contributed by atoms with Crippen LogP contribution in [0.25, 0.3) is 22.0 Å². The Morgan fingerprint density at radius 3 is 2.81 bits per heavy atom. The first-order valence-corrected chi connectivity index (χ1v) is 8.99. The van der Waals surface area contributed by atoms with Crippen LogP contribution in [-0.4, -0.2) is 32.3 Å². The lowest BCUT2D eigenvalue weighted by Gasteiger charge is -2.10. The second-order valence-corrected chi connectivity index (χ2v) is 6.57. The molecule has 0 atom stereocenters. The third-order valence-electron chi connectivity index (χ3n) is 4.29. The molecule has 6 nitrogen and oxygen atoms in total. The van der Waals surface area contributed by atoms with Crippen LogP contribution in [0.5, 0.6) is 5.88 Å². The Morgan fingerprint density at radius 2 is 2.12 bits per heavy atom. The first-order chi connectivity index (χ1) is 12.5. The lowest BCUT2D eigenvalue weighted by Crippen LogP contribution is -2.25. The third-order valence-corrected chi connectivity index (χ3v) is 4.59. The van der Waals surface area contributed by atoms with Crippen molar-refractivity contribution in [3.63, 3.8) is 0 Å². The van der Waals surface area contributed by atoms with E-state index in [2.05, 4.69) is 22.3 Å². The first kappa shape index (κ1) is 18.2. The van der Waals surface area contributed by atoms with Gasteiger partial charge in [0.1, 0.15) is 5.69 Å². The zero-order valence-electron chi connectivity index (χ0n) is 14.8. The van der Waals surface area contributed by atoms with Gasteiger partial charge in [-0.3, -0.25) is 4.79 Å². The van der Waals surface area contributed by atoms with Gasteiger partial charge in [0.2, 0.25) is 5.88 Å². The normalized spacial score (nSPS) is 11.0. The van der Waals surface area contributed by atoms with Crippen LogP contribution in [0.3, 0.4) is 0 Å². The van der Waals surface area contributed by atoms with E-state index >= 15 is 0 Å². The van der Waals surface area contributed by atoms with Crippen molar-refractivity contribution in [3.05, 3.63) is 41.2 Å². The molecular formula is C19H21ClN4O2. The summed E-state index contributed by atoms with van der Waals surface area (Å²) in [5, 5.41) is 18.5. The zero-order chi connectivity index (χ0) is 18.7. The number of para-hydroxylation sites is 1. The van der Waals surface area contributed by atoms with Crippen molar-refractivity contribution in [2.24, 2.45) is 7.05 Å². The van der Waals surface area contributed by atoms with E-state index in [1.165, 1.54) is 4.68 Å². The number of hydrogen-bond donors (Lipinski definition) is 2. The molecular weight excluding hydrogens is 352 g/mol. The molecule has 7 heteroatoms. The summed E-state index contributed by atoms with van der Waals surface area (Å²) in [4.78, 5) is 17.0. The number of unbranched alkanes of at least 4 members (excludes halogenated alkanes) is 2. The van der Waals surface area contributed by atoms with E-state index in [4.69, 9.17) is 11.6 Å². The molecule has 0 spiro atoms. The summed E-state index contributed by atoms with van der Waals surface area (Å²) in [5.74, 6) is -0.237. The molecule has 0 aliphatic heterocycles. The molecule has 0 fully saturated rings. The van der Waals surface area contributed by atoms with E-state index in [-0.39, 0.29) is 17.5 Å². The Balaban J connectivity index is 2.07. The van der Waals surface area contributed by atoms with E-state index in [0.717, 1.165) is 24.6 Å². The molecule has 2 heterocycles. The number of pyridine rings is 1. The molecule has 0 radical (unpaired) electrons. The zero-order valence-corrected chi connectivity index (χ0v) is 15.5. The molecule has 0 aliphatic carbocycles. The molecule has 0 bridgehead atoms. The highest BCUT2D eigenvalue weighted by molar-refractivity contribution is 6.35. The number of benzene rings is 1. The number of fused-ring (bicyclic) bond motifs is 1. The lowest BCUT2D eigenvalue weighted by molar-refractivity contribution is 0.0948. The molecule has 1 aromatic carbocycles. The largest absolute Gasteiger partial charge is 0.493 e. The summed E-state index contributed by atoms with van der Waals surface area (Å²) in [7, 11) is 1.65. The Morgan fingerprint density at radius 1 is 1.31 bits per heavy atom. The van der Waals surface area contributed by atoms with E-state index in [9.17, 15) is 9.90 Å². The maximum atomic E-state index is 12.5. The first-order valence-electron chi connectivity index (χ1n) is 8.61. The number of carbonyl (C=O) groups excluding carboxylic acids is 1. The van der Waals surface area contributed by atoms with Crippen LogP contribution in [0.2, 0.25) is 5.02 Å². The fraction of sp³-hybridized carbons (Fsp3) is 0.316. The van der Waals surface area contributed by atoms with Gasteiger partial charge >= 0.3 is 0 Å². The number of hydrogen-bond acceptors (Lipinski definition) is 4. The lowest BCUT2D eigenvalue weighted by atomic mass is 10.0. The second-order valence-electron chi connectivity index (χ2n) is 6.16. The average molecular weight is 373 g/mol. The maximum absolute atomic E-state index is 12.5.